The molecule has 128 valence electrons. The molecule has 2 rings (SSSR count). The Bertz CT molecular complexity index is 673. The summed E-state index contributed by atoms with van der Waals surface area (Å²) in [5.74, 6) is -0.992. The molecule has 0 N–H and O–H groups in total. The van der Waals surface area contributed by atoms with E-state index in [-0.39, 0.29) is 17.7 Å². The number of hydrogen-bond donors (Lipinski definition) is 0. The monoisotopic (exact) mass is 327 g/mol. The van der Waals surface area contributed by atoms with Crippen molar-refractivity contribution in [2.24, 2.45) is 10.9 Å². The molecule has 1 aliphatic rings. The molecule has 0 amide bonds. The first-order valence-corrected chi connectivity index (χ1v) is 8.51. The summed E-state index contributed by atoms with van der Waals surface area (Å²) >= 11 is 0. The molecule has 0 spiro atoms. The predicted molar refractivity (Wildman–Crippen MR) is 95.0 cm³/mol. The van der Waals surface area contributed by atoms with Crippen LogP contribution in [0.15, 0.2) is 46.6 Å². The lowest BCUT2D eigenvalue weighted by Gasteiger charge is -2.32. The van der Waals surface area contributed by atoms with Crippen LogP contribution >= 0.6 is 0 Å². The number of ketones is 1. The van der Waals surface area contributed by atoms with Gasteiger partial charge in [0.25, 0.3) is 0 Å². The molecule has 4 nitrogen and oxygen atoms in total. The summed E-state index contributed by atoms with van der Waals surface area (Å²) in [6.45, 7) is 7.75. The smallest absolute Gasteiger partial charge is 0.336 e. The minimum atomic E-state index is -0.407. The number of aliphatic imine (C=N–C) groups is 1. The maximum Gasteiger partial charge on any atom is 0.336 e. The summed E-state index contributed by atoms with van der Waals surface area (Å²) in [5.41, 5.74) is 2.86. The van der Waals surface area contributed by atoms with Gasteiger partial charge in [-0.25, -0.2) is 4.79 Å². The average molecular weight is 327 g/mol. The van der Waals surface area contributed by atoms with Crippen molar-refractivity contribution in [2.45, 2.75) is 46.5 Å². The molecule has 1 aromatic rings. The lowest BCUT2D eigenvalue weighted by Crippen LogP contribution is -2.35. The zero-order valence-corrected chi connectivity index (χ0v) is 14.8. The highest BCUT2D eigenvalue weighted by atomic mass is 16.5. The van der Waals surface area contributed by atoms with Crippen LogP contribution in [-0.4, -0.2) is 24.1 Å². The number of benzene rings is 1. The molecular formula is C20H25NO3. The molecule has 0 saturated heterocycles. The van der Waals surface area contributed by atoms with Gasteiger partial charge in [0, 0.05) is 23.7 Å². The van der Waals surface area contributed by atoms with Crippen molar-refractivity contribution in [2.75, 3.05) is 6.61 Å². The highest BCUT2D eigenvalue weighted by Gasteiger charge is 2.40. The van der Waals surface area contributed by atoms with Crippen molar-refractivity contribution in [3.05, 3.63) is 47.2 Å². The molecule has 1 aliphatic heterocycles. The first-order valence-electron chi connectivity index (χ1n) is 8.51. The van der Waals surface area contributed by atoms with E-state index in [9.17, 15) is 9.59 Å². The second-order valence-electron chi connectivity index (χ2n) is 6.06. The third-order valence-corrected chi connectivity index (χ3v) is 4.33. The fourth-order valence-corrected chi connectivity index (χ4v) is 3.35. The van der Waals surface area contributed by atoms with Crippen LogP contribution < -0.4 is 0 Å². The van der Waals surface area contributed by atoms with Gasteiger partial charge in [-0.05, 0) is 32.8 Å². The molecule has 24 heavy (non-hydrogen) atoms. The zero-order valence-electron chi connectivity index (χ0n) is 14.8. The van der Waals surface area contributed by atoms with E-state index in [2.05, 4.69) is 4.99 Å². The van der Waals surface area contributed by atoms with Gasteiger partial charge in [0.2, 0.25) is 0 Å². The molecule has 1 aromatic carbocycles. The van der Waals surface area contributed by atoms with Crippen molar-refractivity contribution in [3.8, 4) is 0 Å². The summed E-state index contributed by atoms with van der Waals surface area (Å²) in [7, 11) is 0. The van der Waals surface area contributed by atoms with Crippen LogP contribution in [0.1, 0.15) is 52.0 Å². The van der Waals surface area contributed by atoms with Crippen LogP contribution in [0.5, 0.6) is 0 Å². The Morgan fingerprint density at radius 2 is 1.79 bits per heavy atom. The van der Waals surface area contributed by atoms with Crippen molar-refractivity contribution in [1.29, 1.82) is 0 Å². The molecule has 1 heterocycles. The van der Waals surface area contributed by atoms with E-state index >= 15 is 0 Å². The van der Waals surface area contributed by atoms with E-state index in [1.165, 1.54) is 0 Å². The predicted octanol–water partition coefficient (Wildman–Crippen LogP) is 4.07. The first kappa shape index (κ1) is 18.1. The van der Waals surface area contributed by atoms with Crippen molar-refractivity contribution >= 4 is 17.5 Å². The Morgan fingerprint density at radius 1 is 1.12 bits per heavy atom. The quantitative estimate of drug-likeness (QED) is 0.740. The fraction of sp³-hybridized carbons (Fsp3) is 0.450. The van der Waals surface area contributed by atoms with Gasteiger partial charge in [0.05, 0.1) is 18.1 Å². The number of allylic oxidation sites excluding steroid dienone is 1. The molecule has 0 fully saturated rings. The number of rotatable bonds is 6. The van der Waals surface area contributed by atoms with Gasteiger partial charge in [-0.15, -0.1) is 0 Å². The zero-order chi connectivity index (χ0) is 17.7. The van der Waals surface area contributed by atoms with Crippen LogP contribution in [0.25, 0.3) is 0 Å². The molecule has 4 heteroatoms. The molecule has 2 atom stereocenters. The van der Waals surface area contributed by atoms with E-state index in [0.29, 0.717) is 24.3 Å². The van der Waals surface area contributed by atoms with Crippen molar-refractivity contribution in [1.82, 2.24) is 0 Å². The molecule has 0 saturated carbocycles. The summed E-state index contributed by atoms with van der Waals surface area (Å²) < 4.78 is 5.25. The molecule has 1 unspecified atom stereocenters. The Labute approximate surface area is 143 Å². The molecule has 0 bridgehead atoms. The van der Waals surface area contributed by atoms with Gasteiger partial charge in [-0.3, -0.25) is 9.79 Å². The normalized spacial score (nSPS) is 20.6. The molecule has 0 aromatic heterocycles. The summed E-state index contributed by atoms with van der Waals surface area (Å²) in [6, 6.07) is 9.70. The Hall–Kier alpha value is -2.23. The largest absolute Gasteiger partial charge is 0.463 e. The van der Waals surface area contributed by atoms with Crippen LogP contribution in [0.4, 0.5) is 0 Å². The maximum atomic E-state index is 12.8. The van der Waals surface area contributed by atoms with E-state index < -0.39 is 5.92 Å². The topological polar surface area (TPSA) is 55.7 Å². The molecule has 0 radical (unpaired) electrons. The van der Waals surface area contributed by atoms with E-state index in [1.807, 2.05) is 51.1 Å². The highest BCUT2D eigenvalue weighted by Crippen LogP contribution is 2.40. The fourth-order valence-electron chi connectivity index (χ4n) is 3.35. The number of carbonyl (C=O) groups is 2. The SMILES string of the molecule is CCCC(=O)C1C(C)=NC(C)=C(C(=O)OCC)[C@@H]1c1ccccc1. The van der Waals surface area contributed by atoms with Crippen LogP contribution in [0.3, 0.4) is 0 Å². The van der Waals surface area contributed by atoms with E-state index in [1.54, 1.807) is 6.92 Å². The third kappa shape index (κ3) is 3.64. The third-order valence-electron chi connectivity index (χ3n) is 4.33. The van der Waals surface area contributed by atoms with Crippen LogP contribution in [-0.2, 0) is 14.3 Å². The Morgan fingerprint density at radius 3 is 2.38 bits per heavy atom. The number of Topliss-reactive ketones (excluding diaryl/α,β-unsaturated/α-hetero) is 1. The van der Waals surface area contributed by atoms with Gasteiger partial charge < -0.3 is 4.74 Å². The minimum Gasteiger partial charge on any atom is -0.463 e. The second kappa shape index (κ2) is 8.04. The van der Waals surface area contributed by atoms with Gasteiger partial charge in [0.1, 0.15) is 5.78 Å². The Kier molecular flexibility index (Phi) is 6.07. The first-order chi connectivity index (χ1) is 11.5. The van der Waals surface area contributed by atoms with Crippen LogP contribution in [0, 0.1) is 5.92 Å². The standard InChI is InChI=1S/C20H25NO3/c1-5-10-16(22)17-13(3)21-14(4)18(20(23)24-6-2)19(17)15-11-8-7-9-12-15/h7-9,11-12,17,19H,5-6,10H2,1-4H3/t17?,19-/m1/s1. The van der Waals surface area contributed by atoms with Gasteiger partial charge >= 0.3 is 5.97 Å². The van der Waals surface area contributed by atoms with Crippen LogP contribution in [0.2, 0.25) is 0 Å². The number of nitrogens with zero attached hydrogens (tertiary/aromatic N) is 1. The summed E-state index contributed by atoms with van der Waals surface area (Å²) in [4.78, 5) is 29.8. The van der Waals surface area contributed by atoms with Crippen molar-refractivity contribution in [3.63, 3.8) is 0 Å². The molecule has 0 aliphatic carbocycles. The van der Waals surface area contributed by atoms with E-state index in [0.717, 1.165) is 17.7 Å². The average Bonchev–Trinajstić information content (AvgIpc) is 2.55. The van der Waals surface area contributed by atoms with Gasteiger partial charge in [0.15, 0.2) is 0 Å². The maximum absolute atomic E-state index is 12.8. The number of ether oxygens (including phenoxy) is 1. The van der Waals surface area contributed by atoms with Gasteiger partial charge in [-0.1, -0.05) is 37.3 Å². The summed E-state index contributed by atoms with van der Waals surface area (Å²) in [5, 5.41) is 0. The Balaban J connectivity index is 2.58. The minimum absolute atomic E-state index is 0.127. The van der Waals surface area contributed by atoms with Crippen molar-refractivity contribution < 1.29 is 14.3 Å². The number of esters is 1. The highest BCUT2D eigenvalue weighted by molar-refractivity contribution is 6.09. The van der Waals surface area contributed by atoms with Gasteiger partial charge in [-0.2, -0.15) is 0 Å². The number of carbonyl (C=O) groups excluding carboxylic acids is 2. The second-order valence-corrected chi connectivity index (χ2v) is 6.06. The number of hydrogen-bond acceptors (Lipinski definition) is 4. The van der Waals surface area contributed by atoms with E-state index in [4.69, 9.17) is 4.74 Å². The summed E-state index contributed by atoms with van der Waals surface area (Å²) in [6.07, 6.45) is 1.26. The molecular weight excluding hydrogens is 302 g/mol. The lowest BCUT2D eigenvalue weighted by molar-refractivity contribution is -0.139. The lowest BCUT2D eigenvalue weighted by atomic mass is 9.73.